The van der Waals surface area contributed by atoms with Gasteiger partial charge < -0.3 is 14.6 Å². The molecule has 0 aliphatic heterocycles. The van der Waals surface area contributed by atoms with Crippen molar-refractivity contribution < 1.29 is 9.53 Å². The molecule has 0 atom stereocenters. The summed E-state index contributed by atoms with van der Waals surface area (Å²) in [6.07, 6.45) is 2.17. The quantitative estimate of drug-likeness (QED) is 0.705. The van der Waals surface area contributed by atoms with Gasteiger partial charge >= 0.3 is 0 Å². The third-order valence-corrected chi connectivity index (χ3v) is 4.41. The van der Waals surface area contributed by atoms with Gasteiger partial charge in [0.15, 0.2) is 11.0 Å². The van der Waals surface area contributed by atoms with Crippen LogP contribution in [0.3, 0.4) is 0 Å². The summed E-state index contributed by atoms with van der Waals surface area (Å²) in [4.78, 5) is 12.3. The van der Waals surface area contributed by atoms with Crippen molar-refractivity contribution in [1.29, 1.82) is 0 Å². The van der Waals surface area contributed by atoms with Gasteiger partial charge in [0, 0.05) is 12.1 Å². The molecule has 24 heavy (non-hydrogen) atoms. The fourth-order valence-electron chi connectivity index (χ4n) is 2.23. The average Bonchev–Trinajstić information content (AvgIpc) is 3.00. The maximum atomic E-state index is 12.3. The molecule has 1 aromatic heterocycles. The Labute approximate surface area is 147 Å². The van der Waals surface area contributed by atoms with Crippen molar-refractivity contribution in [3.63, 3.8) is 0 Å². The van der Waals surface area contributed by atoms with Gasteiger partial charge in [0.05, 0.1) is 13.7 Å². The summed E-state index contributed by atoms with van der Waals surface area (Å²) >= 11 is 1.67. The lowest BCUT2D eigenvalue weighted by atomic mass is 10.2. The van der Waals surface area contributed by atoms with Crippen molar-refractivity contribution in [2.45, 2.75) is 44.9 Å². The van der Waals surface area contributed by atoms with Crippen LogP contribution in [0.5, 0.6) is 5.75 Å². The molecule has 2 rings (SSSR count). The highest BCUT2D eigenvalue weighted by molar-refractivity contribution is 7.99. The number of amides is 1. The standard InChI is InChI=1S/C17H24N4O2S/c1-4-6-11-21-15(19-20-17(21)24-5-2)12-18-16(22)13-7-9-14(23-3)10-8-13/h7-10H,4-6,11-12H2,1-3H3,(H,18,22). The maximum absolute atomic E-state index is 12.3. The highest BCUT2D eigenvalue weighted by atomic mass is 32.2. The predicted octanol–water partition coefficient (Wildman–Crippen LogP) is 3.13. The molecule has 130 valence electrons. The van der Waals surface area contributed by atoms with Crippen LogP contribution in [0.1, 0.15) is 42.9 Å². The number of benzene rings is 1. The van der Waals surface area contributed by atoms with Crippen molar-refractivity contribution in [1.82, 2.24) is 20.1 Å². The molecular formula is C17H24N4O2S. The van der Waals surface area contributed by atoms with E-state index < -0.39 is 0 Å². The first kappa shape index (κ1) is 18.3. The van der Waals surface area contributed by atoms with E-state index in [1.165, 1.54) is 0 Å². The van der Waals surface area contributed by atoms with E-state index in [0.29, 0.717) is 12.1 Å². The molecule has 6 nitrogen and oxygen atoms in total. The normalized spacial score (nSPS) is 10.6. The Morgan fingerprint density at radius 2 is 2.00 bits per heavy atom. The van der Waals surface area contributed by atoms with Crippen molar-refractivity contribution in [3.05, 3.63) is 35.7 Å². The van der Waals surface area contributed by atoms with Crippen LogP contribution in [-0.2, 0) is 13.1 Å². The second kappa shape index (κ2) is 9.32. The number of unbranched alkanes of at least 4 members (excludes halogenated alkanes) is 1. The molecule has 0 saturated heterocycles. The molecule has 1 amide bonds. The second-order valence-corrected chi connectivity index (χ2v) is 6.48. The van der Waals surface area contributed by atoms with Crippen LogP contribution in [0.2, 0.25) is 0 Å². The molecular weight excluding hydrogens is 324 g/mol. The fraction of sp³-hybridized carbons (Fsp3) is 0.471. The van der Waals surface area contributed by atoms with Gasteiger partial charge in [0.1, 0.15) is 5.75 Å². The van der Waals surface area contributed by atoms with E-state index in [4.69, 9.17) is 4.74 Å². The molecule has 0 unspecified atom stereocenters. The fourth-order valence-corrected chi connectivity index (χ4v) is 2.94. The van der Waals surface area contributed by atoms with Crippen LogP contribution in [0.15, 0.2) is 29.4 Å². The lowest BCUT2D eigenvalue weighted by Crippen LogP contribution is -2.25. The van der Waals surface area contributed by atoms with Gasteiger partial charge in [0.2, 0.25) is 0 Å². The zero-order valence-electron chi connectivity index (χ0n) is 14.4. The van der Waals surface area contributed by atoms with Crippen LogP contribution >= 0.6 is 11.8 Å². The van der Waals surface area contributed by atoms with E-state index in [2.05, 4.69) is 33.9 Å². The molecule has 0 fully saturated rings. The topological polar surface area (TPSA) is 69.0 Å². The summed E-state index contributed by atoms with van der Waals surface area (Å²) in [5, 5.41) is 12.3. The average molecular weight is 348 g/mol. The monoisotopic (exact) mass is 348 g/mol. The van der Waals surface area contributed by atoms with Crippen LogP contribution < -0.4 is 10.1 Å². The number of hydrogen-bond acceptors (Lipinski definition) is 5. The van der Waals surface area contributed by atoms with Crippen LogP contribution in [0, 0.1) is 0 Å². The molecule has 1 N–H and O–H groups in total. The van der Waals surface area contributed by atoms with Gasteiger partial charge in [0.25, 0.3) is 5.91 Å². The third-order valence-electron chi connectivity index (χ3n) is 3.56. The molecule has 7 heteroatoms. The number of nitrogens with zero attached hydrogens (tertiary/aromatic N) is 3. The number of methoxy groups -OCH3 is 1. The van der Waals surface area contributed by atoms with Gasteiger partial charge in [-0.15, -0.1) is 10.2 Å². The molecule has 0 aliphatic carbocycles. The van der Waals surface area contributed by atoms with Gasteiger partial charge in [-0.3, -0.25) is 4.79 Å². The molecule has 2 aromatic rings. The van der Waals surface area contributed by atoms with E-state index in [1.54, 1.807) is 43.1 Å². The number of thioether (sulfide) groups is 1. The van der Waals surface area contributed by atoms with E-state index in [0.717, 1.165) is 41.9 Å². The first-order valence-corrected chi connectivity index (χ1v) is 9.15. The van der Waals surface area contributed by atoms with Crippen molar-refractivity contribution in [3.8, 4) is 5.75 Å². The minimum atomic E-state index is -0.132. The molecule has 0 radical (unpaired) electrons. The van der Waals surface area contributed by atoms with Gasteiger partial charge in [-0.05, 0) is 36.4 Å². The number of rotatable bonds is 9. The summed E-state index contributed by atoms with van der Waals surface area (Å²) in [5.74, 6) is 2.34. The molecule has 1 aromatic carbocycles. The number of ether oxygens (including phenoxy) is 1. The SMILES string of the molecule is CCCCn1c(CNC(=O)c2ccc(OC)cc2)nnc1SCC. The number of nitrogens with one attached hydrogen (secondary N) is 1. The van der Waals surface area contributed by atoms with E-state index in [1.807, 2.05) is 0 Å². The molecule has 0 spiro atoms. The minimum absolute atomic E-state index is 0.132. The first-order chi connectivity index (χ1) is 11.7. The lowest BCUT2D eigenvalue weighted by Gasteiger charge is -2.10. The number of carbonyl (C=O) groups excluding carboxylic acids is 1. The van der Waals surface area contributed by atoms with E-state index >= 15 is 0 Å². The van der Waals surface area contributed by atoms with Gasteiger partial charge in [-0.2, -0.15) is 0 Å². The summed E-state index contributed by atoms with van der Waals surface area (Å²) in [5.41, 5.74) is 0.596. The Bertz CT molecular complexity index is 655. The second-order valence-electron chi connectivity index (χ2n) is 5.25. The van der Waals surface area contributed by atoms with Crippen molar-refractivity contribution in [2.75, 3.05) is 12.9 Å². The van der Waals surface area contributed by atoms with Crippen molar-refractivity contribution in [2.24, 2.45) is 0 Å². The van der Waals surface area contributed by atoms with Gasteiger partial charge in [-0.1, -0.05) is 32.0 Å². The summed E-state index contributed by atoms with van der Waals surface area (Å²) in [6.45, 7) is 5.49. The number of carbonyl (C=O) groups is 1. The molecule has 0 aliphatic rings. The highest BCUT2D eigenvalue weighted by Gasteiger charge is 2.13. The summed E-state index contributed by atoms with van der Waals surface area (Å²) in [7, 11) is 1.60. The molecule has 1 heterocycles. The van der Waals surface area contributed by atoms with Crippen LogP contribution in [0.25, 0.3) is 0 Å². The zero-order valence-corrected chi connectivity index (χ0v) is 15.2. The minimum Gasteiger partial charge on any atom is -0.497 e. The van der Waals surface area contributed by atoms with Crippen LogP contribution in [0.4, 0.5) is 0 Å². The van der Waals surface area contributed by atoms with Gasteiger partial charge in [-0.25, -0.2) is 0 Å². The Hall–Kier alpha value is -2.02. The van der Waals surface area contributed by atoms with E-state index in [9.17, 15) is 4.79 Å². The highest BCUT2D eigenvalue weighted by Crippen LogP contribution is 2.17. The molecule has 0 saturated carbocycles. The summed E-state index contributed by atoms with van der Waals surface area (Å²) in [6, 6.07) is 7.03. The Balaban J connectivity index is 2.02. The number of hydrogen-bond donors (Lipinski definition) is 1. The zero-order chi connectivity index (χ0) is 17.4. The lowest BCUT2D eigenvalue weighted by molar-refractivity contribution is 0.0949. The predicted molar refractivity (Wildman–Crippen MR) is 95.5 cm³/mol. The van der Waals surface area contributed by atoms with Crippen LogP contribution in [-0.4, -0.2) is 33.5 Å². The third kappa shape index (κ3) is 4.74. The Morgan fingerprint density at radius 1 is 1.25 bits per heavy atom. The van der Waals surface area contributed by atoms with Crippen molar-refractivity contribution >= 4 is 17.7 Å². The Kier molecular flexibility index (Phi) is 7.11. The summed E-state index contributed by atoms with van der Waals surface area (Å²) < 4.78 is 7.20. The van der Waals surface area contributed by atoms with E-state index in [-0.39, 0.29) is 5.91 Å². The first-order valence-electron chi connectivity index (χ1n) is 8.16. The number of aromatic nitrogens is 3. The smallest absolute Gasteiger partial charge is 0.251 e. The maximum Gasteiger partial charge on any atom is 0.251 e. The largest absolute Gasteiger partial charge is 0.497 e. The Morgan fingerprint density at radius 3 is 2.62 bits per heavy atom. The molecule has 0 bridgehead atoms.